The second-order valence-electron chi connectivity index (χ2n) is 2.96. The third-order valence-corrected chi connectivity index (χ3v) is 1.77. The van der Waals surface area contributed by atoms with Gasteiger partial charge in [0.1, 0.15) is 5.75 Å². The van der Waals surface area contributed by atoms with Gasteiger partial charge < -0.3 is 16.2 Å². The van der Waals surface area contributed by atoms with E-state index in [4.69, 9.17) is 11.5 Å². The van der Waals surface area contributed by atoms with Gasteiger partial charge in [-0.3, -0.25) is 0 Å². The minimum atomic E-state index is -4.69. The van der Waals surface area contributed by atoms with Gasteiger partial charge in [-0.15, -0.1) is 13.2 Å². The molecule has 4 N–H and O–H groups in total. The van der Waals surface area contributed by atoms with E-state index in [2.05, 4.69) is 4.74 Å². The average molecular weight is 236 g/mol. The van der Waals surface area contributed by atoms with Crippen molar-refractivity contribution in [1.29, 1.82) is 0 Å². The molecular weight excluding hydrogens is 221 g/mol. The van der Waals surface area contributed by atoms with Crippen LogP contribution in [0.25, 0.3) is 0 Å². The van der Waals surface area contributed by atoms with E-state index in [1.807, 2.05) is 0 Å². The molecule has 16 heavy (non-hydrogen) atoms. The van der Waals surface area contributed by atoms with Crippen molar-refractivity contribution in [3.8, 4) is 5.75 Å². The van der Waals surface area contributed by atoms with E-state index >= 15 is 0 Å². The number of benzene rings is 1. The molecule has 0 fully saturated rings. The van der Waals surface area contributed by atoms with Crippen LogP contribution in [0.2, 0.25) is 0 Å². The summed E-state index contributed by atoms with van der Waals surface area (Å²) in [4.78, 5) is 0. The molecule has 0 bridgehead atoms. The van der Waals surface area contributed by atoms with Gasteiger partial charge in [0.05, 0.1) is 0 Å². The third kappa shape index (κ3) is 4.50. The summed E-state index contributed by atoms with van der Waals surface area (Å²) < 4.78 is 39.4. The summed E-state index contributed by atoms with van der Waals surface area (Å²) in [6, 6.07) is 4.99. The van der Waals surface area contributed by atoms with Gasteiger partial charge in [-0.25, -0.2) is 0 Å². The number of hydrogen-bond donors (Lipinski definition) is 2. The van der Waals surface area contributed by atoms with Gasteiger partial charge in [0.25, 0.3) is 0 Å². The molecule has 0 aromatic heterocycles. The standard InChI is InChI=1S/C9H11F3N2O.CH4/c10-9(11,12)15-7-3-1-2-6(4-7)8(14)5-13;/h1-4,8H,5,13-14H2;1H4. The Kier molecular flexibility index (Phi) is 5.26. The highest BCUT2D eigenvalue weighted by molar-refractivity contribution is 5.30. The van der Waals surface area contributed by atoms with Crippen molar-refractivity contribution >= 4 is 0 Å². The van der Waals surface area contributed by atoms with Crippen LogP contribution in [0.5, 0.6) is 5.75 Å². The molecular formula is C10H15F3N2O. The molecule has 3 nitrogen and oxygen atoms in total. The number of ether oxygens (including phenoxy) is 1. The molecule has 6 heteroatoms. The highest BCUT2D eigenvalue weighted by Crippen LogP contribution is 2.24. The zero-order chi connectivity index (χ0) is 11.5. The molecule has 0 saturated carbocycles. The summed E-state index contributed by atoms with van der Waals surface area (Å²) in [5.74, 6) is -0.288. The summed E-state index contributed by atoms with van der Waals surface area (Å²) in [6.07, 6.45) is -4.69. The van der Waals surface area contributed by atoms with Crippen molar-refractivity contribution in [2.75, 3.05) is 6.54 Å². The van der Waals surface area contributed by atoms with Crippen LogP contribution >= 0.6 is 0 Å². The van der Waals surface area contributed by atoms with Crippen LogP contribution in [0.4, 0.5) is 13.2 Å². The van der Waals surface area contributed by atoms with Crippen LogP contribution < -0.4 is 16.2 Å². The van der Waals surface area contributed by atoms with Crippen LogP contribution in [0.1, 0.15) is 19.0 Å². The Bertz CT molecular complexity index is 328. The lowest BCUT2D eigenvalue weighted by Crippen LogP contribution is -2.21. The van der Waals surface area contributed by atoms with E-state index in [0.29, 0.717) is 5.56 Å². The van der Waals surface area contributed by atoms with E-state index in [1.54, 1.807) is 6.07 Å². The second kappa shape index (κ2) is 5.72. The first kappa shape index (κ1) is 14.7. The van der Waals surface area contributed by atoms with Crippen molar-refractivity contribution in [1.82, 2.24) is 0 Å². The minimum Gasteiger partial charge on any atom is -0.406 e. The first-order chi connectivity index (χ1) is 6.92. The zero-order valence-electron chi connectivity index (χ0n) is 7.79. The molecule has 1 aromatic carbocycles. The van der Waals surface area contributed by atoms with E-state index in [-0.39, 0.29) is 19.7 Å². The zero-order valence-corrected chi connectivity index (χ0v) is 7.79. The second-order valence-corrected chi connectivity index (χ2v) is 2.96. The summed E-state index contributed by atoms with van der Waals surface area (Å²) in [5, 5.41) is 0. The molecule has 1 unspecified atom stereocenters. The van der Waals surface area contributed by atoms with Gasteiger partial charge in [-0.05, 0) is 17.7 Å². The highest BCUT2D eigenvalue weighted by Gasteiger charge is 2.31. The molecule has 0 aliphatic carbocycles. The molecule has 0 aliphatic rings. The van der Waals surface area contributed by atoms with Crippen LogP contribution in [0.15, 0.2) is 24.3 Å². The molecule has 1 rings (SSSR count). The largest absolute Gasteiger partial charge is 0.573 e. The normalized spacial score (nSPS) is 12.8. The number of rotatable bonds is 3. The third-order valence-electron chi connectivity index (χ3n) is 1.77. The number of halogens is 3. The van der Waals surface area contributed by atoms with Gasteiger partial charge >= 0.3 is 6.36 Å². The lowest BCUT2D eigenvalue weighted by molar-refractivity contribution is -0.274. The SMILES string of the molecule is C.NCC(N)c1cccc(OC(F)(F)F)c1. The first-order valence-corrected chi connectivity index (χ1v) is 4.24. The summed E-state index contributed by atoms with van der Waals surface area (Å²) in [5.41, 5.74) is 11.4. The van der Waals surface area contributed by atoms with Crippen LogP contribution in [0, 0.1) is 0 Å². The van der Waals surface area contributed by atoms with E-state index in [9.17, 15) is 13.2 Å². The molecule has 0 aliphatic heterocycles. The van der Waals surface area contributed by atoms with Gasteiger partial charge in [-0.1, -0.05) is 19.6 Å². The molecule has 92 valence electrons. The molecule has 1 atom stereocenters. The Hall–Kier alpha value is -1.27. The smallest absolute Gasteiger partial charge is 0.406 e. The van der Waals surface area contributed by atoms with Crippen molar-refractivity contribution in [3.63, 3.8) is 0 Å². The number of hydrogen-bond acceptors (Lipinski definition) is 3. The van der Waals surface area contributed by atoms with Gasteiger partial charge in [-0.2, -0.15) is 0 Å². The predicted molar refractivity (Wildman–Crippen MR) is 55.8 cm³/mol. The lowest BCUT2D eigenvalue weighted by Gasteiger charge is -2.12. The Balaban J connectivity index is 0.00000225. The highest BCUT2D eigenvalue weighted by atomic mass is 19.4. The van der Waals surface area contributed by atoms with Crippen LogP contribution in [-0.4, -0.2) is 12.9 Å². The van der Waals surface area contributed by atoms with Gasteiger partial charge in [0.2, 0.25) is 0 Å². The maximum absolute atomic E-state index is 11.9. The fraction of sp³-hybridized carbons (Fsp3) is 0.400. The quantitative estimate of drug-likeness (QED) is 0.845. The Morgan fingerprint density at radius 2 is 1.94 bits per heavy atom. The van der Waals surface area contributed by atoms with Crippen molar-refractivity contribution < 1.29 is 17.9 Å². The fourth-order valence-electron chi connectivity index (χ4n) is 1.08. The summed E-state index contributed by atoms with van der Waals surface area (Å²) in [6.45, 7) is 0.162. The molecule has 0 radical (unpaired) electrons. The van der Waals surface area contributed by atoms with E-state index in [0.717, 1.165) is 0 Å². The number of alkyl halides is 3. The maximum Gasteiger partial charge on any atom is 0.573 e. The maximum atomic E-state index is 11.9. The first-order valence-electron chi connectivity index (χ1n) is 4.24. The lowest BCUT2D eigenvalue weighted by atomic mass is 10.1. The topological polar surface area (TPSA) is 61.3 Å². The molecule has 0 saturated heterocycles. The molecule has 0 spiro atoms. The summed E-state index contributed by atoms with van der Waals surface area (Å²) in [7, 11) is 0. The van der Waals surface area contributed by atoms with Crippen LogP contribution in [0.3, 0.4) is 0 Å². The van der Waals surface area contributed by atoms with Gasteiger partial charge in [0.15, 0.2) is 0 Å². The van der Waals surface area contributed by atoms with Crippen molar-refractivity contribution in [2.45, 2.75) is 19.8 Å². The minimum absolute atomic E-state index is 0. The Labute approximate surface area is 92.2 Å². The van der Waals surface area contributed by atoms with Crippen LogP contribution in [-0.2, 0) is 0 Å². The average Bonchev–Trinajstić information content (AvgIpc) is 2.14. The Morgan fingerprint density at radius 1 is 1.31 bits per heavy atom. The van der Waals surface area contributed by atoms with Gasteiger partial charge in [0, 0.05) is 12.6 Å². The Morgan fingerprint density at radius 3 is 2.44 bits per heavy atom. The summed E-state index contributed by atoms with van der Waals surface area (Å²) >= 11 is 0. The van der Waals surface area contributed by atoms with Crippen molar-refractivity contribution in [3.05, 3.63) is 29.8 Å². The molecule has 0 amide bonds. The molecule has 0 heterocycles. The fourth-order valence-corrected chi connectivity index (χ4v) is 1.08. The van der Waals surface area contributed by atoms with E-state index < -0.39 is 12.4 Å². The monoisotopic (exact) mass is 236 g/mol. The van der Waals surface area contributed by atoms with E-state index in [1.165, 1.54) is 18.2 Å². The van der Waals surface area contributed by atoms with Crippen molar-refractivity contribution in [2.24, 2.45) is 11.5 Å². The molecule has 1 aromatic rings. The number of nitrogens with two attached hydrogens (primary N) is 2. The predicted octanol–water partition coefficient (Wildman–Crippen LogP) is 2.18.